The first-order valence-corrected chi connectivity index (χ1v) is 5.32. The molecule has 2 rings (SSSR count). The normalized spacial score (nSPS) is 40.9. The van der Waals surface area contributed by atoms with Gasteiger partial charge in [0.2, 0.25) is 0 Å². The Morgan fingerprint density at radius 3 is 2.64 bits per heavy atom. The minimum Gasteiger partial charge on any atom is -0.388 e. The number of aliphatic hydroxyl groups excluding tert-OH is 1. The maximum atomic E-state index is 9.64. The lowest BCUT2D eigenvalue weighted by Crippen LogP contribution is -2.52. The number of fused-ring (bicyclic) bond motifs is 1. The SMILES string of the molecule is CCC1(CC)OC[C@@H]2OC[C@@H](O)[C@@H]2O1. The fraction of sp³-hybridized carbons (Fsp3) is 1.00. The summed E-state index contributed by atoms with van der Waals surface area (Å²) in [5.41, 5.74) is 0. The Morgan fingerprint density at radius 1 is 1.29 bits per heavy atom. The van der Waals surface area contributed by atoms with E-state index in [1.54, 1.807) is 0 Å². The van der Waals surface area contributed by atoms with Gasteiger partial charge in [0.05, 0.1) is 13.2 Å². The zero-order valence-corrected chi connectivity index (χ0v) is 8.73. The van der Waals surface area contributed by atoms with Gasteiger partial charge >= 0.3 is 0 Å². The Kier molecular flexibility index (Phi) is 2.79. The van der Waals surface area contributed by atoms with Gasteiger partial charge in [0.1, 0.15) is 18.3 Å². The van der Waals surface area contributed by atoms with Crippen molar-refractivity contribution < 1.29 is 19.3 Å². The first-order chi connectivity index (χ1) is 6.71. The lowest BCUT2D eigenvalue weighted by Gasteiger charge is -2.41. The van der Waals surface area contributed by atoms with E-state index in [9.17, 15) is 5.11 Å². The second kappa shape index (κ2) is 3.77. The Bertz CT molecular complexity index is 202. The molecule has 0 aromatic heterocycles. The maximum absolute atomic E-state index is 9.64. The lowest BCUT2D eigenvalue weighted by molar-refractivity contribution is -0.319. The molecule has 2 heterocycles. The third-order valence-corrected chi connectivity index (χ3v) is 3.17. The van der Waals surface area contributed by atoms with Crippen molar-refractivity contribution in [1.82, 2.24) is 0 Å². The highest BCUT2D eigenvalue weighted by Crippen LogP contribution is 2.34. The van der Waals surface area contributed by atoms with Gasteiger partial charge in [-0.2, -0.15) is 0 Å². The van der Waals surface area contributed by atoms with E-state index >= 15 is 0 Å². The fourth-order valence-corrected chi connectivity index (χ4v) is 2.09. The zero-order valence-electron chi connectivity index (χ0n) is 8.73. The highest BCUT2D eigenvalue weighted by Gasteiger charge is 2.47. The lowest BCUT2D eigenvalue weighted by atomic mass is 10.1. The first-order valence-electron chi connectivity index (χ1n) is 5.32. The van der Waals surface area contributed by atoms with Crippen LogP contribution in [0.1, 0.15) is 26.7 Å². The summed E-state index contributed by atoms with van der Waals surface area (Å²) in [5, 5.41) is 9.64. The second-order valence-corrected chi connectivity index (χ2v) is 3.95. The van der Waals surface area contributed by atoms with E-state index in [1.807, 2.05) is 13.8 Å². The number of hydrogen-bond donors (Lipinski definition) is 1. The third-order valence-electron chi connectivity index (χ3n) is 3.17. The number of hydrogen-bond acceptors (Lipinski definition) is 4. The van der Waals surface area contributed by atoms with Crippen LogP contribution in [0.2, 0.25) is 0 Å². The minimum atomic E-state index is -0.504. The molecule has 2 aliphatic heterocycles. The standard InChI is InChI=1S/C10H18O4/c1-3-10(4-2)13-6-8-9(14-10)7(11)5-12-8/h7-9,11H,3-6H2,1-2H3/t7-,8+,9+/m1/s1. The monoisotopic (exact) mass is 202 g/mol. The summed E-state index contributed by atoms with van der Waals surface area (Å²) < 4.78 is 16.8. The van der Waals surface area contributed by atoms with Crippen LogP contribution in [0.3, 0.4) is 0 Å². The van der Waals surface area contributed by atoms with Crippen LogP contribution in [0.25, 0.3) is 0 Å². The van der Waals surface area contributed by atoms with Crippen molar-refractivity contribution in [2.75, 3.05) is 13.2 Å². The molecule has 1 N–H and O–H groups in total. The summed E-state index contributed by atoms with van der Waals surface area (Å²) in [4.78, 5) is 0. The van der Waals surface area contributed by atoms with Gasteiger partial charge in [-0.1, -0.05) is 13.8 Å². The van der Waals surface area contributed by atoms with Gasteiger partial charge in [-0.25, -0.2) is 0 Å². The Balaban J connectivity index is 2.07. The largest absolute Gasteiger partial charge is 0.388 e. The summed E-state index contributed by atoms with van der Waals surface area (Å²) in [6, 6.07) is 0. The van der Waals surface area contributed by atoms with Gasteiger partial charge in [0.15, 0.2) is 5.79 Å². The molecule has 0 aromatic carbocycles. The minimum absolute atomic E-state index is 0.0868. The van der Waals surface area contributed by atoms with E-state index < -0.39 is 11.9 Å². The Hall–Kier alpha value is -0.160. The molecule has 0 saturated carbocycles. The maximum Gasteiger partial charge on any atom is 0.168 e. The average Bonchev–Trinajstić information content (AvgIpc) is 2.60. The van der Waals surface area contributed by atoms with Crippen LogP contribution in [0.15, 0.2) is 0 Å². The summed E-state index contributed by atoms with van der Waals surface area (Å²) in [7, 11) is 0. The molecule has 0 aliphatic carbocycles. The number of aliphatic hydroxyl groups is 1. The molecule has 0 radical (unpaired) electrons. The smallest absolute Gasteiger partial charge is 0.168 e. The summed E-state index contributed by atoms with van der Waals surface area (Å²) in [5.74, 6) is -0.504. The molecular weight excluding hydrogens is 184 g/mol. The van der Waals surface area contributed by atoms with E-state index in [0.717, 1.165) is 12.8 Å². The van der Waals surface area contributed by atoms with Gasteiger partial charge in [-0.05, 0) is 12.8 Å². The van der Waals surface area contributed by atoms with Gasteiger partial charge in [0, 0.05) is 0 Å². The highest BCUT2D eigenvalue weighted by molar-refractivity contribution is 4.90. The van der Waals surface area contributed by atoms with Crippen molar-refractivity contribution in [3.63, 3.8) is 0 Å². The predicted octanol–water partition coefficient (Wildman–Crippen LogP) is 0.678. The van der Waals surface area contributed by atoms with E-state index in [1.165, 1.54) is 0 Å². The molecule has 0 aromatic rings. The van der Waals surface area contributed by atoms with Crippen molar-refractivity contribution in [2.45, 2.75) is 50.8 Å². The van der Waals surface area contributed by atoms with Crippen molar-refractivity contribution in [3.8, 4) is 0 Å². The first kappa shape index (κ1) is 10.4. The molecule has 82 valence electrons. The number of ether oxygens (including phenoxy) is 3. The van der Waals surface area contributed by atoms with E-state index in [-0.39, 0.29) is 12.2 Å². The molecule has 14 heavy (non-hydrogen) atoms. The quantitative estimate of drug-likeness (QED) is 0.715. The van der Waals surface area contributed by atoms with Crippen LogP contribution < -0.4 is 0 Å². The van der Waals surface area contributed by atoms with Crippen LogP contribution >= 0.6 is 0 Å². The third kappa shape index (κ3) is 1.56. The van der Waals surface area contributed by atoms with Crippen molar-refractivity contribution >= 4 is 0 Å². The molecule has 4 heteroatoms. The molecule has 0 amide bonds. The predicted molar refractivity (Wildman–Crippen MR) is 49.9 cm³/mol. The molecule has 2 fully saturated rings. The Labute approximate surface area is 84.1 Å². The van der Waals surface area contributed by atoms with Crippen LogP contribution in [0.5, 0.6) is 0 Å². The van der Waals surface area contributed by atoms with E-state index in [4.69, 9.17) is 14.2 Å². The van der Waals surface area contributed by atoms with Crippen molar-refractivity contribution in [2.24, 2.45) is 0 Å². The highest BCUT2D eigenvalue weighted by atomic mass is 16.7. The summed E-state index contributed by atoms with van der Waals surface area (Å²) in [6.07, 6.45) is 0.819. The van der Waals surface area contributed by atoms with Crippen molar-refractivity contribution in [3.05, 3.63) is 0 Å². The molecule has 0 unspecified atom stereocenters. The topological polar surface area (TPSA) is 47.9 Å². The molecule has 3 atom stereocenters. The van der Waals surface area contributed by atoms with Gasteiger partial charge in [-0.3, -0.25) is 0 Å². The molecule has 4 nitrogen and oxygen atoms in total. The van der Waals surface area contributed by atoms with Crippen LogP contribution in [-0.4, -0.2) is 42.4 Å². The number of rotatable bonds is 2. The van der Waals surface area contributed by atoms with Gasteiger partial charge in [-0.15, -0.1) is 0 Å². The van der Waals surface area contributed by atoms with Crippen LogP contribution in [0, 0.1) is 0 Å². The second-order valence-electron chi connectivity index (χ2n) is 3.95. The van der Waals surface area contributed by atoms with Crippen LogP contribution in [-0.2, 0) is 14.2 Å². The summed E-state index contributed by atoms with van der Waals surface area (Å²) >= 11 is 0. The average molecular weight is 202 g/mol. The van der Waals surface area contributed by atoms with E-state index in [0.29, 0.717) is 13.2 Å². The molecule has 0 bridgehead atoms. The summed E-state index contributed by atoms with van der Waals surface area (Å²) in [6.45, 7) is 4.96. The zero-order chi connectivity index (χ0) is 10.2. The molecule has 0 spiro atoms. The van der Waals surface area contributed by atoms with Gasteiger partial charge in [0.25, 0.3) is 0 Å². The molecule has 2 aliphatic rings. The van der Waals surface area contributed by atoms with E-state index in [2.05, 4.69) is 0 Å². The fourth-order valence-electron chi connectivity index (χ4n) is 2.09. The van der Waals surface area contributed by atoms with Crippen molar-refractivity contribution in [1.29, 1.82) is 0 Å². The van der Waals surface area contributed by atoms with Gasteiger partial charge < -0.3 is 19.3 Å². The Morgan fingerprint density at radius 2 is 2.00 bits per heavy atom. The molecule has 2 saturated heterocycles. The molecular formula is C10H18O4. The van der Waals surface area contributed by atoms with Crippen LogP contribution in [0.4, 0.5) is 0 Å².